The van der Waals surface area contributed by atoms with Gasteiger partial charge in [-0.15, -0.1) is 0 Å². The third kappa shape index (κ3) is 5.31. The molecule has 20 heavy (non-hydrogen) atoms. The SMILES string of the molecule is Cc1ccc(C(=O)O)cc1NC(=O)CCSCC(N)=O. The molecule has 1 aromatic rings. The van der Waals surface area contributed by atoms with E-state index in [2.05, 4.69) is 5.32 Å². The van der Waals surface area contributed by atoms with Gasteiger partial charge in [-0.3, -0.25) is 9.59 Å². The highest BCUT2D eigenvalue weighted by Gasteiger charge is 2.09. The Morgan fingerprint density at radius 2 is 2.05 bits per heavy atom. The summed E-state index contributed by atoms with van der Waals surface area (Å²) in [5.74, 6) is -1.03. The van der Waals surface area contributed by atoms with Crippen molar-refractivity contribution in [1.29, 1.82) is 0 Å². The summed E-state index contributed by atoms with van der Waals surface area (Å²) < 4.78 is 0. The van der Waals surface area contributed by atoms with Gasteiger partial charge in [0.05, 0.1) is 11.3 Å². The van der Waals surface area contributed by atoms with E-state index in [0.717, 1.165) is 5.56 Å². The highest BCUT2D eigenvalue weighted by Crippen LogP contribution is 2.17. The highest BCUT2D eigenvalue weighted by molar-refractivity contribution is 7.99. The zero-order chi connectivity index (χ0) is 15.1. The average molecular weight is 296 g/mol. The number of carboxylic acids is 1. The van der Waals surface area contributed by atoms with Crippen LogP contribution in [0.1, 0.15) is 22.3 Å². The molecule has 0 spiro atoms. The second-order valence-electron chi connectivity index (χ2n) is 4.15. The average Bonchev–Trinajstić information content (AvgIpc) is 2.37. The number of hydrogen-bond acceptors (Lipinski definition) is 4. The minimum atomic E-state index is -1.04. The molecule has 0 aliphatic rings. The predicted molar refractivity (Wildman–Crippen MR) is 77.9 cm³/mol. The van der Waals surface area contributed by atoms with Gasteiger partial charge in [-0.25, -0.2) is 4.79 Å². The quantitative estimate of drug-likeness (QED) is 0.656. The van der Waals surface area contributed by atoms with Crippen LogP contribution in [0.25, 0.3) is 0 Å². The van der Waals surface area contributed by atoms with Crippen LogP contribution in [0.5, 0.6) is 0 Å². The van der Waals surface area contributed by atoms with Crippen molar-refractivity contribution in [3.63, 3.8) is 0 Å². The molecule has 0 aromatic heterocycles. The number of carbonyl (C=O) groups excluding carboxylic acids is 2. The first-order valence-electron chi connectivity index (χ1n) is 5.90. The van der Waals surface area contributed by atoms with E-state index < -0.39 is 11.9 Å². The van der Waals surface area contributed by atoms with Crippen LogP contribution in [0, 0.1) is 6.92 Å². The zero-order valence-electron chi connectivity index (χ0n) is 11.0. The lowest BCUT2D eigenvalue weighted by atomic mass is 10.1. The van der Waals surface area contributed by atoms with E-state index in [1.165, 1.54) is 23.9 Å². The van der Waals surface area contributed by atoms with Gasteiger partial charge in [0.25, 0.3) is 0 Å². The summed E-state index contributed by atoms with van der Waals surface area (Å²) in [7, 11) is 0. The van der Waals surface area contributed by atoms with Gasteiger partial charge in [-0.1, -0.05) is 6.07 Å². The second kappa shape index (κ2) is 7.54. The van der Waals surface area contributed by atoms with E-state index >= 15 is 0 Å². The van der Waals surface area contributed by atoms with Crippen LogP contribution in [0.2, 0.25) is 0 Å². The molecule has 0 aliphatic heterocycles. The van der Waals surface area contributed by atoms with Crippen LogP contribution < -0.4 is 11.1 Å². The number of aromatic carboxylic acids is 1. The number of nitrogens with two attached hydrogens (primary N) is 1. The Hall–Kier alpha value is -2.02. The molecule has 0 bridgehead atoms. The summed E-state index contributed by atoms with van der Waals surface area (Å²) in [6.45, 7) is 1.78. The van der Waals surface area contributed by atoms with Gasteiger partial charge in [-0.05, 0) is 24.6 Å². The Kier molecular flexibility index (Phi) is 6.05. The zero-order valence-corrected chi connectivity index (χ0v) is 11.8. The largest absolute Gasteiger partial charge is 0.478 e. The fourth-order valence-corrected chi connectivity index (χ4v) is 2.12. The molecule has 4 N–H and O–H groups in total. The van der Waals surface area contributed by atoms with Crippen LogP contribution in [0.15, 0.2) is 18.2 Å². The molecular weight excluding hydrogens is 280 g/mol. The number of primary amides is 1. The molecule has 0 radical (unpaired) electrons. The fraction of sp³-hybridized carbons (Fsp3) is 0.308. The van der Waals surface area contributed by atoms with Crippen LogP contribution in [0.3, 0.4) is 0 Å². The summed E-state index contributed by atoms with van der Waals surface area (Å²) in [5.41, 5.74) is 6.37. The number of carboxylic acid groups (broad SMARTS) is 1. The van der Waals surface area contributed by atoms with Crippen LogP contribution >= 0.6 is 11.8 Å². The van der Waals surface area contributed by atoms with Gasteiger partial charge in [0.15, 0.2) is 0 Å². The van der Waals surface area contributed by atoms with E-state index in [1.54, 1.807) is 13.0 Å². The minimum absolute atomic E-state index is 0.119. The van der Waals surface area contributed by atoms with Gasteiger partial charge in [-0.2, -0.15) is 11.8 Å². The lowest BCUT2D eigenvalue weighted by Crippen LogP contribution is -2.16. The van der Waals surface area contributed by atoms with E-state index in [9.17, 15) is 14.4 Å². The van der Waals surface area contributed by atoms with Gasteiger partial charge in [0.2, 0.25) is 11.8 Å². The van der Waals surface area contributed by atoms with E-state index in [-0.39, 0.29) is 23.6 Å². The standard InChI is InChI=1S/C13H16N2O4S/c1-8-2-3-9(13(18)19)6-10(8)15-12(17)4-5-20-7-11(14)16/h2-3,6H,4-5,7H2,1H3,(H2,14,16)(H,15,17)(H,18,19). The van der Waals surface area contributed by atoms with E-state index in [0.29, 0.717) is 11.4 Å². The smallest absolute Gasteiger partial charge is 0.335 e. The van der Waals surface area contributed by atoms with Gasteiger partial charge >= 0.3 is 5.97 Å². The number of nitrogens with one attached hydrogen (secondary N) is 1. The minimum Gasteiger partial charge on any atom is -0.478 e. The number of rotatable bonds is 7. The maximum atomic E-state index is 11.7. The van der Waals surface area contributed by atoms with Crippen LogP contribution in [0.4, 0.5) is 5.69 Å². The Morgan fingerprint density at radius 3 is 2.65 bits per heavy atom. The molecule has 0 atom stereocenters. The Bertz CT molecular complexity index is 531. The van der Waals surface area contributed by atoms with E-state index in [1.807, 2.05) is 0 Å². The molecule has 6 nitrogen and oxygen atoms in total. The Balaban J connectivity index is 2.55. The maximum absolute atomic E-state index is 11.7. The molecule has 0 fully saturated rings. The topological polar surface area (TPSA) is 109 Å². The predicted octanol–water partition coefficient (Wildman–Crippen LogP) is 1.24. The molecular formula is C13H16N2O4S. The first-order chi connectivity index (χ1) is 9.40. The van der Waals surface area contributed by atoms with Crippen molar-refractivity contribution in [2.24, 2.45) is 5.73 Å². The van der Waals surface area contributed by atoms with Crippen molar-refractivity contribution in [2.75, 3.05) is 16.8 Å². The molecule has 7 heteroatoms. The molecule has 0 unspecified atom stereocenters. The molecule has 1 rings (SSSR count). The Morgan fingerprint density at radius 1 is 1.35 bits per heavy atom. The van der Waals surface area contributed by atoms with Crippen molar-refractivity contribution >= 4 is 35.2 Å². The van der Waals surface area contributed by atoms with Crippen LogP contribution in [-0.2, 0) is 9.59 Å². The van der Waals surface area contributed by atoms with Crippen LogP contribution in [-0.4, -0.2) is 34.4 Å². The molecule has 2 amide bonds. The third-order valence-corrected chi connectivity index (χ3v) is 3.46. The number of carbonyl (C=O) groups is 3. The van der Waals surface area contributed by atoms with E-state index in [4.69, 9.17) is 10.8 Å². The lowest BCUT2D eigenvalue weighted by molar-refractivity contribution is -0.116. The van der Waals surface area contributed by atoms with Crippen molar-refractivity contribution in [3.8, 4) is 0 Å². The number of benzene rings is 1. The van der Waals surface area contributed by atoms with Gasteiger partial charge < -0.3 is 16.2 Å². The monoisotopic (exact) mass is 296 g/mol. The maximum Gasteiger partial charge on any atom is 0.335 e. The molecule has 1 aromatic carbocycles. The first kappa shape index (κ1) is 16.0. The molecule has 0 aliphatic carbocycles. The molecule has 0 saturated carbocycles. The van der Waals surface area contributed by atoms with Gasteiger partial charge in [0, 0.05) is 17.9 Å². The summed E-state index contributed by atoms with van der Waals surface area (Å²) >= 11 is 1.28. The number of hydrogen-bond donors (Lipinski definition) is 3. The van der Waals surface area contributed by atoms with Crippen molar-refractivity contribution < 1.29 is 19.5 Å². The molecule has 108 valence electrons. The number of anilines is 1. The number of thioether (sulfide) groups is 1. The fourth-order valence-electron chi connectivity index (χ4n) is 1.44. The molecule has 0 saturated heterocycles. The normalized spacial score (nSPS) is 10.1. The van der Waals surface area contributed by atoms with Crippen molar-refractivity contribution in [1.82, 2.24) is 0 Å². The van der Waals surface area contributed by atoms with Gasteiger partial charge in [0.1, 0.15) is 0 Å². The number of amides is 2. The lowest BCUT2D eigenvalue weighted by Gasteiger charge is -2.09. The third-order valence-electron chi connectivity index (χ3n) is 2.48. The van der Waals surface area contributed by atoms with Crippen molar-refractivity contribution in [3.05, 3.63) is 29.3 Å². The first-order valence-corrected chi connectivity index (χ1v) is 7.05. The number of aryl methyl sites for hydroxylation is 1. The summed E-state index contributed by atoms with van der Waals surface area (Å²) in [6.07, 6.45) is 0.231. The highest BCUT2D eigenvalue weighted by atomic mass is 32.2. The summed E-state index contributed by atoms with van der Waals surface area (Å²) in [6, 6.07) is 4.54. The Labute approximate surface area is 120 Å². The summed E-state index contributed by atoms with van der Waals surface area (Å²) in [5, 5.41) is 11.6. The second-order valence-corrected chi connectivity index (χ2v) is 5.26. The molecule has 0 heterocycles. The summed E-state index contributed by atoms with van der Waals surface area (Å²) in [4.78, 5) is 33.1. The van der Waals surface area contributed by atoms with Crippen molar-refractivity contribution in [2.45, 2.75) is 13.3 Å².